The van der Waals surface area contributed by atoms with Gasteiger partial charge in [-0.1, -0.05) is 78.9 Å². The molecule has 0 saturated carbocycles. The molecule has 0 aliphatic carbocycles. The van der Waals surface area contributed by atoms with E-state index in [9.17, 15) is 44.4 Å². The summed E-state index contributed by atoms with van der Waals surface area (Å²) in [6, 6.07) is 71.4. The SMILES string of the molecule is O=C(O)c1c(O)c(N=Nc2ccc3c(c2)nc(-c2ccccn2)n3Cc2ccccn2)cc2ccccc12.O=C1NC(=O)C(N=Nc2ccc3nc(-c4ccccn4)n(Cc4ccccn4)c3c2)C(=O)N1.O=C1OC2(c3ccc(O)cc3Oc3cc(O)c(N=Nc4ccc5nc(-c6ccccn6)n(Cc6ccccn6)c5c4)cc32)c2ccccc21. The zero-order valence-corrected chi connectivity index (χ0v) is 62.5. The third-order valence-corrected chi connectivity index (χ3v) is 19.8. The normalized spacial score (nSPS) is 14.2. The second-order valence-electron chi connectivity index (χ2n) is 27.4. The van der Waals surface area contributed by atoms with E-state index in [0.29, 0.717) is 110 Å². The van der Waals surface area contributed by atoms with Crippen molar-refractivity contribution in [2.24, 2.45) is 30.7 Å². The number of phenols is 3. The number of imide groups is 2. The Hall–Kier alpha value is -17.1. The zero-order valence-electron chi connectivity index (χ0n) is 62.5. The van der Waals surface area contributed by atoms with Crippen LogP contribution in [-0.4, -0.2) is 115 Å². The number of pyridine rings is 6. The third-order valence-electron chi connectivity index (χ3n) is 19.8. The number of urea groups is 1. The number of carbonyl (C=O) groups excluding carboxylic acids is 4. The number of aromatic hydroxyl groups is 3. The Kier molecular flexibility index (Phi) is 19.6. The number of aromatic nitrogens is 12. The molecule has 1 saturated heterocycles. The number of barbiturate groups is 1. The second kappa shape index (κ2) is 31.7. The molecule has 6 N–H and O–H groups in total. The van der Waals surface area contributed by atoms with Crippen LogP contribution in [0.25, 0.3) is 78.4 Å². The largest absolute Gasteiger partial charge is 0.508 e. The van der Waals surface area contributed by atoms with Gasteiger partial charge in [0.1, 0.15) is 57.0 Å². The Morgan fingerprint density at radius 3 is 1.48 bits per heavy atom. The van der Waals surface area contributed by atoms with Crippen LogP contribution in [0.5, 0.6) is 28.7 Å². The summed E-state index contributed by atoms with van der Waals surface area (Å²) in [4.78, 5) is 101. The molecule has 12 heterocycles. The Labute approximate surface area is 677 Å². The predicted octanol–water partition coefficient (Wildman–Crippen LogP) is 16.8. The lowest BCUT2D eigenvalue weighted by Crippen LogP contribution is -2.57. The first kappa shape index (κ1) is 74.3. The Morgan fingerprint density at radius 2 is 0.925 bits per heavy atom. The molecule has 4 amide bonds. The average Bonchev–Trinajstić information content (AvgIpc) is 1.49. The van der Waals surface area contributed by atoms with Crippen LogP contribution in [0.3, 0.4) is 0 Å². The number of benzene rings is 8. The van der Waals surface area contributed by atoms with Gasteiger partial charge in [0.05, 0.1) is 98.0 Å². The molecule has 31 heteroatoms. The number of imidazole rings is 3. The molecule has 20 rings (SSSR count). The Morgan fingerprint density at radius 1 is 0.433 bits per heavy atom. The maximum Gasteiger partial charge on any atom is 0.340 e. The van der Waals surface area contributed by atoms with Crippen LogP contribution in [0.1, 0.15) is 54.5 Å². The maximum absolute atomic E-state index is 13.2. The number of azo groups is 3. The highest BCUT2D eigenvalue weighted by atomic mass is 16.6. The molecule has 31 nitrogen and oxygen atoms in total. The fourth-order valence-electron chi connectivity index (χ4n) is 14.4. The van der Waals surface area contributed by atoms with Gasteiger partial charge in [-0.15, -0.1) is 10.2 Å². The first-order valence-corrected chi connectivity index (χ1v) is 37.2. The van der Waals surface area contributed by atoms with Crippen LogP contribution in [0, 0.1) is 0 Å². The molecule has 17 aromatic rings. The quantitative estimate of drug-likeness (QED) is 0.0297. The molecule has 8 aromatic carbocycles. The number of phenolic OH excluding ortho intramolecular Hbond substituents is 2. The minimum atomic E-state index is -1.44. The van der Waals surface area contributed by atoms with Gasteiger partial charge in [-0.2, -0.15) is 20.5 Å². The van der Waals surface area contributed by atoms with E-state index in [1.807, 2.05) is 159 Å². The summed E-state index contributed by atoms with van der Waals surface area (Å²) in [6.07, 6.45) is 10.4. The van der Waals surface area contributed by atoms with E-state index in [1.54, 1.807) is 128 Å². The lowest BCUT2D eigenvalue weighted by Gasteiger charge is -2.36. The topological polar surface area (TPSA) is 414 Å². The van der Waals surface area contributed by atoms with E-state index < -0.39 is 47.2 Å². The number of hydrogen-bond acceptors (Lipinski definition) is 25. The monoisotopic (exact) mass is 1580 g/mol. The predicted molar refractivity (Wildman–Crippen MR) is 438 cm³/mol. The van der Waals surface area contributed by atoms with E-state index in [4.69, 9.17) is 24.4 Å². The number of rotatable bonds is 16. The van der Waals surface area contributed by atoms with Gasteiger partial charge in [0.2, 0.25) is 6.04 Å². The van der Waals surface area contributed by atoms with Gasteiger partial charge in [0, 0.05) is 65.8 Å². The van der Waals surface area contributed by atoms with Gasteiger partial charge < -0.3 is 43.6 Å². The first-order chi connectivity index (χ1) is 58.6. The Bertz CT molecular complexity index is 7000. The molecule has 3 aliphatic heterocycles. The lowest BCUT2D eigenvalue weighted by molar-refractivity contribution is -0.131. The van der Waals surface area contributed by atoms with Crippen molar-refractivity contribution < 1.29 is 53.9 Å². The van der Waals surface area contributed by atoms with Gasteiger partial charge >= 0.3 is 18.0 Å². The highest BCUT2D eigenvalue weighted by Gasteiger charge is 2.54. The lowest BCUT2D eigenvalue weighted by atomic mass is 9.77. The number of hydrogen-bond donors (Lipinski definition) is 6. The molecule has 582 valence electrons. The number of carboxylic acids is 1. The number of aromatic carboxylic acids is 1. The van der Waals surface area contributed by atoms with Gasteiger partial charge in [-0.3, -0.25) is 50.1 Å². The zero-order chi connectivity index (χ0) is 82.0. The molecule has 0 bridgehead atoms. The van der Waals surface area contributed by atoms with Crippen molar-refractivity contribution in [3.8, 4) is 63.3 Å². The molecule has 120 heavy (non-hydrogen) atoms. The van der Waals surface area contributed by atoms with E-state index >= 15 is 0 Å². The number of nitrogens with zero attached hydrogens (tertiary/aromatic N) is 18. The minimum absolute atomic E-state index is 0.0184. The molecular formula is C89H60N20O11. The van der Waals surface area contributed by atoms with Crippen molar-refractivity contribution in [3.05, 3.63) is 331 Å². The summed E-state index contributed by atoms with van der Waals surface area (Å²) in [5.41, 5.74) is 11.3. The van der Waals surface area contributed by atoms with Crippen LogP contribution in [0.4, 0.5) is 33.2 Å². The van der Waals surface area contributed by atoms with Crippen molar-refractivity contribution in [1.82, 2.24) is 69.2 Å². The van der Waals surface area contributed by atoms with Crippen LogP contribution in [-0.2, 0) is 39.6 Å². The molecule has 1 atom stereocenters. The fraction of sp³-hybridized carbons (Fsp3) is 0.0562. The molecule has 3 aliphatic rings. The number of ether oxygens (including phenoxy) is 2. The average molecular weight is 1590 g/mol. The van der Waals surface area contributed by atoms with Gasteiger partial charge in [-0.05, 0) is 163 Å². The number of fused-ring (bicyclic) bond motifs is 10. The summed E-state index contributed by atoms with van der Waals surface area (Å²) in [5.74, 6) is -1.45. The third kappa shape index (κ3) is 14.6. The summed E-state index contributed by atoms with van der Waals surface area (Å²) in [6.45, 7) is 1.41. The van der Waals surface area contributed by atoms with Crippen molar-refractivity contribution >= 4 is 102 Å². The Balaban J connectivity index is 0.000000126. The minimum Gasteiger partial charge on any atom is -0.508 e. The number of nitrogens with one attached hydrogen (secondary N) is 2. The highest BCUT2D eigenvalue weighted by Crippen LogP contribution is 2.58. The summed E-state index contributed by atoms with van der Waals surface area (Å²) < 4.78 is 18.4. The molecule has 1 spiro atoms. The standard InChI is InChI=1S/C38H24N6O5.C29H20N6O3.C22H16N8O3/c45-24-12-13-27-34(18-24)48-35-20-33(46)31(19-28(35)38(27)26-9-2-1-8-25(26)37(47)49-38)43-42-22-11-14-29-32(17-22)44(21-23-7-3-5-15-39-23)36(41-29)30-10-4-6-16-40-30;36-27-24(15-18-7-1-2-9-21(18)26(27)29(37)38)34-33-19-11-12-25-23(16-19)32-28(22-10-4-6-14-31-22)35(25)17-20-8-3-5-13-30-20;31-20-18(21(32)27-22(33)26-20)29-28-13-7-8-15-17(11-13)30(12-14-5-1-3-9-23-14)19(25-15)16-6-2-4-10-24-16/h1-20,45-46H,21H2;1-16,36H,17H2,(H,37,38);1-11,18H,12H2,(H2,26,27,31,32,33). The molecule has 1 unspecified atom stereocenters. The van der Waals surface area contributed by atoms with Gasteiger partial charge in [-0.25, -0.2) is 29.3 Å². The number of amides is 4. The first-order valence-electron chi connectivity index (χ1n) is 37.2. The summed E-state index contributed by atoms with van der Waals surface area (Å²) >= 11 is 0. The van der Waals surface area contributed by atoms with Crippen LogP contribution in [0.15, 0.2) is 317 Å². The van der Waals surface area contributed by atoms with Crippen molar-refractivity contribution in [2.75, 3.05) is 0 Å². The van der Waals surface area contributed by atoms with Crippen molar-refractivity contribution in [1.29, 1.82) is 0 Å². The maximum atomic E-state index is 13.2. The molecular weight excluding hydrogens is 1530 g/mol. The molecule has 1 fully saturated rings. The smallest absolute Gasteiger partial charge is 0.340 e. The summed E-state index contributed by atoms with van der Waals surface area (Å²) in [7, 11) is 0. The van der Waals surface area contributed by atoms with Crippen LogP contribution in [0.2, 0.25) is 0 Å². The van der Waals surface area contributed by atoms with Crippen molar-refractivity contribution in [2.45, 2.75) is 31.3 Å². The second-order valence-corrected chi connectivity index (χ2v) is 27.4. The van der Waals surface area contributed by atoms with Crippen molar-refractivity contribution in [3.63, 3.8) is 0 Å². The number of esters is 1. The van der Waals surface area contributed by atoms with E-state index in [-0.39, 0.29) is 34.2 Å². The number of carboxylic acid groups (broad SMARTS) is 1. The highest BCUT2D eigenvalue weighted by molar-refractivity contribution is 6.19. The molecule has 0 radical (unpaired) electrons. The van der Waals surface area contributed by atoms with E-state index in [1.165, 1.54) is 18.2 Å². The number of carbonyl (C=O) groups is 5. The van der Waals surface area contributed by atoms with Crippen LogP contribution < -0.4 is 15.4 Å². The summed E-state index contributed by atoms with van der Waals surface area (Å²) in [5, 5.41) is 72.0. The van der Waals surface area contributed by atoms with E-state index in [0.717, 1.165) is 50.5 Å². The van der Waals surface area contributed by atoms with Gasteiger partial charge in [0.25, 0.3) is 11.8 Å². The molecule has 9 aromatic heterocycles. The van der Waals surface area contributed by atoms with Crippen LogP contribution >= 0.6 is 0 Å². The van der Waals surface area contributed by atoms with E-state index in [2.05, 4.69) is 65.2 Å². The fourth-order valence-corrected chi connectivity index (χ4v) is 14.4. The van der Waals surface area contributed by atoms with Gasteiger partial charge in [0.15, 0.2) is 28.8 Å².